The van der Waals surface area contributed by atoms with E-state index in [1.165, 1.54) is 12.8 Å². The predicted molar refractivity (Wildman–Crippen MR) is 155 cm³/mol. The molecule has 36 heavy (non-hydrogen) atoms. The fraction of sp³-hybridized carbons (Fsp3) is 0.788. The van der Waals surface area contributed by atoms with E-state index in [2.05, 4.69) is 81.4 Å². The topological polar surface area (TPSA) is 57.5 Å². The molecule has 0 saturated heterocycles. The molecule has 1 aromatic rings. The van der Waals surface area contributed by atoms with Crippen LogP contribution in [0.3, 0.4) is 0 Å². The fourth-order valence-electron chi connectivity index (χ4n) is 5.18. The number of carboxylic acid groups (broad SMARTS) is 1. The lowest BCUT2D eigenvalue weighted by Crippen LogP contribution is -2.34. The highest BCUT2D eigenvalue weighted by Gasteiger charge is 2.39. The van der Waals surface area contributed by atoms with Gasteiger partial charge in [0.25, 0.3) is 0 Å². The first-order valence-corrected chi connectivity index (χ1v) is 14.6. The van der Waals surface area contributed by atoms with Crippen LogP contribution in [-0.2, 0) is 22.0 Å². The molecule has 208 valence electrons. The second kappa shape index (κ2) is 13.9. The van der Waals surface area contributed by atoms with Gasteiger partial charge in [-0.15, -0.1) is 0 Å². The number of hydrogen-bond donors (Lipinski definition) is 2. The second-order valence-electron chi connectivity index (χ2n) is 14.3. The first kappa shape index (κ1) is 32.5. The largest absolute Gasteiger partial charge is 0.507 e. The van der Waals surface area contributed by atoms with Crippen molar-refractivity contribution in [1.82, 2.24) is 0 Å². The molecule has 0 aliphatic carbocycles. The van der Waals surface area contributed by atoms with Crippen LogP contribution in [0.15, 0.2) is 12.1 Å². The minimum Gasteiger partial charge on any atom is -0.507 e. The van der Waals surface area contributed by atoms with Gasteiger partial charge in [-0.1, -0.05) is 133 Å². The molecule has 1 aromatic carbocycles. The molecule has 0 amide bonds. The molecule has 0 radical (unpaired) electrons. The quantitative estimate of drug-likeness (QED) is 0.235. The molecule has 0 saturated carbocycles. The van der Waals surface area contributed by atoms with Crippen LogP contribution in [0.1, 0.15) is 150 Å². The zero-order chi connectivity index (χ0) is 27.7. The van der Waals surface area contributed by atoms with Gasteiger partial charge in [0.1, 0.15) is 5.75 Å². The van der Waals surface area contributed by atoms with Crippen molar-refractivity contribution in [2.75, 3.05) is 0 Å². The lowest BCUT2D eigenvalue weighted by molar-refractivity contribution is -0.150. The Bertz CT molecular complexity index is 787. The van der Waals surface area contributed by atoms with Gasteiger partial charge in [0.05, 0.1) is 5.41 Å². The molecule has 0 aliphatic heterocycles. The number of aliphatic carboxylic acids is 1. The minimum atomic E-state index is -0.835. The number of carbonyl (C=O) groups is 1. The van der Waals surface area contributed by atoms with Crippen LogP contribution in [0.25, 0.3) is 0 Å². The van der Waals surface area contributed by atoms with Gasteiger partial charge >= 0.3 is 5.97 Å². The summed E-state index contributed by atoms with van der Waals surface area (Å²) in [6, 6.07) is 4.21. The van der Waals surface area contributed by atoms with Gasteiger partial charge in [0.15, 0.2) is 0 Å². The molecule has 0 aromatic heterocycles. The molecule has 0 bridgehead atoms. The number of benzene rings is 1. The van der Waals surface area contributed by atoms with Gasteiger partial charge in [-0.2, -0.15) is 0 Å². The van der Waals surface area contributed by atoms with Crippen molar-refractivity contribution in [2.24, 2.45) is 17.3 Å². The molecular weight excluding hydrogens is 444 g/mol. The Morgan fingerprint density at radius 1 is 0.750 bits per heavy atom. The monoisotopic (exact) mass is 502 g/mol. The summed E-state index contributed by atoms with van der Waals surface area (Å²) in [7, 11) is 0. The molecule has 2 N–H and O–H groups in total. The van der Waals surface area contributed by atoms with E-state index < -0.39 is 11.4 Å². The van der Waals surface area contributed by atoms with Gasteiger partial charge in [0.2, 0.25) is 0 Å². The second-order valence-corrected chi connectivity index (χ2v) is 14.3. The average Bonchev–Trinajstić information content (AvgIpc) is 2.71. The summed E-state index contributed by atoms with van der Waals surface area (Å²) in [6.45, 7) is 21.9. The SMILES string of the molecule is CC(C)CCCCCC(CCCCCC(C)C)(Cc1cc(C(C)(C)C)cc(C(C)(C)C)c1O)C(=O)O. The third kappa shape index (κ3) is 10.5. The smallest absolute Gasteiger partial charge is 0.309 e. The fourth-order valence-corrected chi connectivity index (χ4v) is 5.18. The van der Waals surface area contributed by atoms with Crippen LogP contribution in [0, 0.1) is 17.3 Å². The van der Waals surface area contributed by atoms with E-state index in [-0.39, 0.29) is 10.8 Å². The third-order valence-electron chi connectivity index (χ3n) is 7.72. The van der Waals surface area contributed by atoms with Gasteiger partial charge in [0, 0.05) is 0 Å². The highest BCUT2D eigenvalue weighted by molar-refractivity contribution is 5.75. The summed E-state index contributed by atoms with van der Waals surface area (Å²) in [5.41, 5.74) is 1.74. The van der Waals surface area contributed by atoms with E-state index in [1.54, 1.807) is 0 Å². The van der Waals surface area contributed by atoms with Gasteiger partial charge in [-0.3, -0.25) is 4.79 Å². The van der Waals surface area contributed by atoms with Crippen molar-refractivity contribution in [3.8, 4) is 5.75 Å². The van der Waals surface area contributed by atoms with Crippen LogP contribution in [0.5, 0.6) is 5.75 Å². The number of carboxylic acids is 1. The first-order valence-electron chi connectivity index (χ1n) is 14.6. The minimum absolute atomic E-state index is 0.0813. The molecule has 0 heterocycles. The van der Waals surface area contributed by atoms with Crippen molar-refractivity contribution in [3.05, 3.63) is 28.8 Å². The summed E-state index contributed by atoms with van der Waals surface area (Å²) in [6.07, 6.45) is 10.4. The average molecular weight is 503 g/mol. The Kier molecular flexibility index (Phi) is 12.5. The van der Waals surface area contributed by atoms with Crippen molar-refractivity contribution in [3.63, 3.8) is 0 Å². The number of unbranched alkanes of at least 4 members (excludes halogenated alkanes) is 4. The van der Waals surface area contributed by atoms with E-state index in [0.717, 1.165) is 55.2 Å². The maximum absolute atomic E-state index is 13.0. The molecule has 1 rings (SSSR count). The number of rotatable bonds is 15. The maximum atomic E-state index is 13.0. The van der Waals surface area contributed by atoms with Crippen molar-refractivity contribution < 1.29 is 15.0 Å². The number of hydrogen-bond acceptors (Lipinski definition) is 2. The number of phenolic OH excluding ortho intramolecular Hbond substituents is 1. The molecule has 0 fully saturated rings. The molecule has 0 unspecified atom stereocenters. The zero-order valence-corrected chi connectivity index (χ0v) is 25.4. The summed E-state index contributed by atoms with van der Waals surface area (Å²) in [4.78, 5) is 13.0. The summed E-state index contributed by atoms with van der Waals surface area (Å²) in [5.74, 6) is 0.958. The molecule has 0 aliphatic rings. The molecule has 0 spiro atoms. The van der Waals surface area contributed by atoms with Crippen LogP contribution >= 0.6 is 0 Å². The maximum Gasteiger partial charge on any atom is 0.309 e. The van der Waals surface area contributed by atoms with E-state index >= 15 is 0 Å². The molecule has 3 heteroatoms. The molecule has 3 nitrogen and oxygen atoms in total. The molecular formula is C33H58O3. The van der Waals surface area contributed by atoms with Crippen LogP contribution < -0.4 is 0 Å². The van der Waals surface area contributed by atoms with Crippen LogP contribution in [-0.4, -0.2) is 16.2 Å². The van der Waals surface area contributed by atoms with Crippen molar-refractivity contribution in [1.29, 1.82) is 0 Å². The predicted octanol–water partition coefficient (Wildman–Crippen LogP) is 9.81. The van der Waals surface area contributed by atoms with E-state index in [4.69, 9.17) is 0 Å². The molecule has 0 atom stereocenters. The standard InChI is InChI=1S/C33H58O3/c1-24(2)17-13-11-15-19-33(30(35)36,20-16-12-14-18-25(3)4)23-26-21-27(31(5,6)7)22-28(29(26)34)32(8,9)10/h21-22,24-25,34H,11-20,23H2,1-10H3,(H,35,36). The summed E-state index contributed by atoms with van der Waals surface area (Å²) >= 11 is 0. The highest BCUT2D eigenvalue weighted by Crippen LogP contribution is 2.43. The van der Waals surface area contributed by atoms with Gasteiger partial charge < -0.3 is 10.2 Å². The van der Waals surface area contributed by atoms with Crippen LogP contribution in [0.2, 0.25) is 0 Å². The van der Waals surface area contributed by atoms with Gasteiger partial charge in [-0.25, -0.2) is 0 Å². The Hall–Kier alpha value is -1.51. The normalized spacial score (nSPS) is 13.1. The van der Waals surface area contributed by atoms with Crippen molar-refractivity contribution >= 4 is 5.97 Å². The van der Waals surface area contributed by atoms with E-state index in [1.807, 2.05) is 0 Å². The number of aromatic hydroxyl groups is 1. The van der Waals surface area contributed by atoms with Crippen LogP contribution in [0.4, 0.5) is 0 Å². The summed E-state index contributed by atoms with van der Waals surface area (Å²) in [5, 5.41) is 22.1. The summed E-state index contributed by atoms with van der Waals surface area (Å²) < 4.78 is 0. The highest BCUT2D eigenvalue weighted by atomic mass is 16.4. The Morgan fingerprint density at radius 3 is 1.58 bits per heavy atom. The van der Waals surface area contributed by atoms with E-state index in [9.17, 15) is 15.0 Å². The Labute approximate surface area is 223 Å². The Morgan fingerprint density at radius 2 is 1.22 bits per heavy atom. The first-order chi connectivity index (χ1) is 16.5. The third-order valence-corrected chi connectivity index (χ3v) is 7.72. The zero-order valence-electron chi connectivity index (χ0n) is 25.4. The lowest BCUT2D eigenvalue weighted by Gasteiger charge is -2.33. The lowest BCUT2D eigenvalue weighted by atomic mass is 9.71. The van der Waals surface area contributed by atoms with Crippen molar-refractivity contribution in [2.45, 2.75) is 151 Å². The Balaban J connectivity index is 3.35. The van der Waals surface area contributed by atoms with E-state index in [0.29, 0.717) is 36.8 Å². The van der Waals surface area contributed by atoms with Gasteiger partial charge in [-0.05, 0) is 58.6 Å². The number of phenols is 1.